The molecule has 0 aliphatic heterocycles. The van der Waals surface area contributed by atoms with Crippen molar-refractivity contribution in [3.63, 3.8) is 0 Å². The van der Waals surface area contributed by atoms with Gasteiger partial charge in [0.1, 0.15) is 11.2 Å². The number of ether oxygens (including phenoxy) is 2. The predicted molar refractivity (Wildman–Crippen MR) is 276 cm³/mol. The first kappa shape index (κ1) is 57.5. The second-order valence-corrected chi connectivity index (χ2v) is 22.5. The van der Waals surface area contributed by atoms with Crippen LogP contribution < -0.4 is 10.6 Å². The summed E-state index contributed by atoms with van der Waals surface area (Å²) in [6.07, 6.45) is 3.05. The van der Waals surface area contributed by atoms with Gasteiger partial charge in [0.25, 0.3) is 0 Å². The minimum absolute atomic E-state index is 0.325. The minimum atomic E-state index is -0.932. The standard InChI is InChI=1S/C54H88N6O8/c1-50(2,3)54(51(4,5)6,58(14)49(66)68-53(10,11)12)30-25-37-60(47(63)64)35-22-20-32-56-39-45-42-28-17-15-26-40(42)44(41-27-16-18-29-43(41)45)38-55-31-19-21-34-59(46(61)62)36-24-23-33-57(13)48(65)67-52(7,8)9/h15-18,26-29,55-56H,19-25,30-39H2,1-14H3,(H,61,62)(H,63,64). The average molecular weight is 949 g/mol. The van der Waals surface area contributed by atoms with Crippen molar-refractivity contribution in [2.75, 3.05) is 59.9 Å². The molecular formula is C54H88N6O8. The molecular weight excluding hydrogens is 861 g/mol. The largest absolute Gasteiger partial charge is 0.465 e. The molecule has 3 rings (SSSR count). The van der Waals surface area contributed by atoms with Crippen molar-refractivity contribution in [3.8, 4) is 0 Å². The molecule has 3 aromatic rings. The van der Waals surface area contributed by atoms with Crippen LogP contribution in [0.15, 0.2) is 48.5 Å². The van der Waals surface area contributed by atoms with Gasteiger partial charge in [-0.25, -0.2) is 19.2 Å². The molecule has 0 fully saturated rings. The molecule has 4 amide bonds. The molecule has 0 radical (unpaired) electrons. The smallest absolute Gasteiger partial charge is 0.410 e. The van der Waals surface area contributed by atoms with E-state index >= 15 is 0 Å². The van der Waals surface area contributed by atoms with Crippen LogP contribution in [-0.4, -0.2) is 131 Å². The Balaban J connectivity index is 1.55. The van der Waals surface area contributed by atoms with E-state index in [2.05, 4.69) is 101 Å². The first-order chi connectivity index (χ1) is 31.6. The van der Waals surface area contributed by atoms with E-state index in [0.29, 0.717) is 71.5 Å². The lowest BCUT2D eigenvalue weighted by Crippen LogP contribution is -2.65. The van der Waals surface area contributed by atoms with Gasteiger partial charge in [-0.15, -0.1) is 0 Å². The molecule has 3 aromatic carbocycles. The van der Waals surface area contributed by atoms with Crippen molar-refractivity contribution in [3.05, 3.63) is 59.7 Å². The molecule has 0 saturated carbocycles. The highest BCUT2D eigenvalue weighted by Crippen LogP contribution is 2.51. The van der Waals surface area contributed by atoms with Crippen LogP contribution >= 0.6 is 0 Å². The Labute approximate surface area is 408 Å². The maximum atomic E-state index is 13.5. The summed E-state index contributed by atoms with van der Waals surface area (Å²) in [5, 5.41) is 32.1. The molecule has 0 bridgehead atoms. The first-order valence-corrected chi connectivity index (χ1v) is 24.8. The zero-order valence-corrected chi connectivity index (χ0v) is 44.3. The molecule has 0 aliphatic rings. The Bertz CT molecular complexity index is 2030. The first-order valence-electron chi connectivity index (χ1n) is 24.8. The topological polar surface area (TPSA) is 164 Å². The van der Waals surface area contributed by atoms with Crippen molar-refractivity contribution in [2.45, 2.75) is 164 Å². The lowest BCUT2D eigenvalue weighted by atomic mass is 9.57. The number of amides is 4. The van der Waals surface area contributed by atoms with E-state index in [1.807, 2.05) is 48.6 Å². The number of carboxylic acid groups (broad SMARTS) is 2. The Hall–Kier alpha value is -4.82. The van der Waals surface area contributed by atoms with Crippen molar-refractivity contribution < 1.29 is 38.9 Å². The number of rotatable bonds is 24. The lowest BCUT2D eigenvalue weighted by Gasteiger charge is -2.58. The monoisotopic (exact) mass is 949 g/mol. The minimum Gasteiger partial charge on any atom is -0.465 e. The second-order valence-electron chi connectivity index (χ2n) is 22.5. The van der Waals surface area contributed by atoms with Gasteiger partial charge >= 0.3 is 24.4 Å². The molecule has 0 saturated heterocycles. The highest BCUT2D eigenvalue weighted by Gasteiger charge is 2.55. The molecule has 0 spiro atoms. The molecule has 0 heterocycles. The van der Waals surface area contributed by atoms with Crippen LogP contribution in [0.5, 0.6) is 0 Å². The van der Waals surface area contributed by atoms with Crippen LogP contribution in [-0.2, 0) is 22.6 Å². The maximum absolute atomic E-state index is 13.5. The number of fused-ring (bicyclic) bond motifs is 2. The number of hydrogen-bond donors (Lipinski definition) is 4. The highest BCUT2D eigenvalue weighted by atomic mass is 16.6. The third-order valence-electron chi connectivity index (χ3n) is 12.9. The number of nitrogens with zero attached hydrogens (tertiary/aromatic N) is 4. The summed E-state index contributed by atoms with van der Waals surface area (Å²) in [5.74, 6) is 0. The van der Waals surface area contributed by atoms with E-state index in [0.717, 1.165) is 38.8 Å². The van der Waals surface area contributed by atoms with E-state index in [4.69, 9.17) is 9.47 Å². The van der Waals surface area contributed by atoms with E-state index in [9.17, 15) is 29.4 Å². The summed E-state index contributed by atoms with van der Waals surface area (Å²) >= 11 is 0. The van der Waals surface area contributed by atoms with Gasteiger partial charge in [-0.05, 0) is 150 Å². The molecule has 14 nitrogen and oxygen atoms in total. The van der Waals surface area contributed by atoms with E-state index in [-0.39, 0.29) is 23.0 Å². The van der Waals surface area contributed by atoms with Gasteiger partial charge in [0.05, 0.1) is 5.54 Å². The second kappa shape index (κ2) is 25.2. The van der Waals surface area contributed by atoms with Crippen LogP contribution in [0, 0.1) is 10.8 Å². The van der Waals surface area contributed by atoms with E-state index < -0.39 is 28.9 Å². The Morgan fingerprint density at radius 3 is 1.19 bits per heavy atom. The van der Waals surface area contributed by atoms with Crippen LogP contribution in [0.3, 0.4) is 0 Å². The molecule has 0 atom stereocenters. The van der Waals surface area contributed by atoms with Crippen LogP contribution in [0.25, 0.3) is 21.5 Å². The maximum Gasteiger partial charge on any atom is 0.410 e. The molecule has 4 N–H and O–H groups in total. The number of carbonyl (C=O) groups is 4. The zero-order chi connectivity index (χ0) is 51.1. The van der Waals surface area contributed by atoms with Gasteiger partial charge in [-0.3, -0.25) is 0 Å². The zero-order valence-electron chi connectivity index (χ0n) is 44.3. The van der Waals surface area contributed by atoms with Crippen LogP contribution in [0.4, 0.5) is 19.2 Å². The molecule has 0 unspecified atom stereocenters. The quantitative estimate of drug-likeness (QED) is 0.0502. The Kier molecular flexibility index (Phi) is 21.3. The summed E-state index contributed by atoms with van der Waals surface area (Å²) in [5.41, 5.74) is 0.00341. The lowest BCUT2D eigenvalue weighted by molar-refractivity contribution is -0.0865. The molecule has 68 heavy (non-hydrogen) atoms. The number of carbonyl (C=O) groups excluding carboxylic acids is 2. The normalized spacial score (nSPS) is 12.6. The highest BCUT2D eigenvalue weighted by molar-refractivity contribution is 6.05. The number of benzene rings is 3. The van der Waals surface area contributed by atoms with E-state index in [1.54, 1.807) is 11.9 Å². The van der Waals surface area contributed by atoms with Crippen LogP contribution in [0.2, 0.25) is 0 Å². The fraction of sp³-hybridized carbons (Fsp3) is 0.667. The molecule has 14 heteroatoms. The number of hydrogen-bond acceptors (Lipinski definition) is 8. The number of unbranched alkanes of at least 4 members (excludes halogenated alkanes) is 3. The third kappa shape index (κ3) is 16.7. The molecule has 382 valence electrons. The SMILES string of the molecule is CN(CCCCN(CCCCNCc1c2ccccc2c(CNCCCCN(CCCC(N(C)C(=O)OC(C)(C)C)(C(C)(C)C)C(C)(C)C)C(=O)O)c2ccccc12)C(=O)O)C(=O)OC(C)(C)C. The fourth-order valence-electron chi connectivity index (χ4n) is 9.97. The van der Waals surface area contributed by atoms with Crippen molar-refractivity contribution in [2.24, 2.45) is 10.8 Å². The van der Waals surface area contributed by atoms with Crippen molar-refractivity contribution in [1.29, 1.82) is 0 Å². The van der Waals surface area contributed by atoms with Crippen molar-refractivity contribution >= 4 is 45.9 Å². The molecule has 0 aliphatic carbocycles. The van der Waals surface area contributed by atoms with Gasteiger partial charge < -0.3 is 49.9 Å². The molecule has 0 aromatic heterocycles. The predicted octanol–water partition coefficient (Wildman–Crippen LogP) is 11.8. The van der Waals surface area contributed by atoms with Gasteiger partial charge in [0, 0.05) is 59.9 Å². The number of nitrogens with one attached hydrogen (secondary N) is 2. The summed E-state index contributed by atoms with van der Waals surface area (Å²) in [4.78, 5) is 56.5. The fourth-order valence-corrected chi connectivity index (χ4v) is 9.97. The average Bonchev–Trinajstić information content (AvgIpc) is 3.22. The summed E-state index contributed by atoms with van der Waals surface area (Å²) in [6, 6.07) is 17.0. The Morgan fingerprint density at radius 1 is 0.500 bits per heavy atom. The third-order valence-corrected chi connectivity index (χ3v) is 12.9. The van der Waals surface area contributed by atoms with Gasteiger partial charge in [-0.1, -0.05) is 90.1 Å². The van der Waals surface area contributed by atoms with Gasteiger partial charge in [0.15, 0.2) is 0 Å². The van der Waals surface area contributed by atoms with E-state index in [1.165, 1.54) is 47.4 Å². The van der Waals surface area contributed by atoms with Crippen LogP contribution in [0.1, 0.15) is 146 Å². The summed E-state index contributed by atoms with van der Waals surface area (Å²) in [7, 11) is 3.51. The summed E-state index contributed by atoms with van der Waals surface area (Å²) < 4.78 is 11.2. The van der Waals surface area contributed by atoms with Gasteiger partial charge in [0.2, 0.25) is 0 Å². The Morgan fingerprint density at radius 2 is 0.838 bits per heavy atom. The van der Waals surface area contributed by atoms with Crippen molar-refractivity contribution in [1.82, 2.24) is 30.2 Å². The van der Waals surface area contributed by atoms with Gasteiger partial charge in [-0.2, -0.15) is 0 Å². The summed E-state index contributed by atoms with van der Waals surface area (Å²) in [6.45, 7) is 29.0.